The van der Waals surface area contributed by atoms with Gasteiger partial charge in [0.05, 0.1) is 13.2 Å². The number of hydrogen-bond donors (Lipinski definition) is 1. The molecule has 17 heavy (non-hydrogen) atoms. The van der Waals surface area contributed by atoms with Gasteiger partial charge in [-0.05, 0) is 44.0 Å². The van der Waals surface area contributed by atoms with Crippen LogP contribution in [0.1, 0.15) is 25.8 Å². The number of aryl methyl sites for hydroxylation is 1. The van der Waals surface area contributed by atoms with Crippen LogP contribution in [0.3, 0.4) is 0 Å². The monoisotopic (exact) mass is 235 g/mol. The predicted molar refractivity (Wildman–Crippen MR) is 69.8 cm³/mol. The Hall–Kier alpha value is -1.22. The van der Waals surface area contributed by atoms with Crippen molar-refractivity contribution in [1.82, 2.24) is 0 Å². The fourth-order valence-corrected chi connectivity index (χ4v) is 2.00. The smallest absolute Gasteiger partial charge is 0.155 e. The molecule has 0 atom stereocenters. The molecule has 0 spiro atoms. The van der Waals surface area contributed by atoms with Crippen molar-refractivity contribution in [1.29, 1.82) is 0 Å². The summed E-state index contributed by atoms with van der Waals surface area (Å²) in [5.74, 6) is 0.939. The van der Waals surface area contributed by atoms with Crippen LogP contribution in [0.25, 0.3) is 0 Å². The number of nitrogens with one attached hydrogen (secondary N) is 1. The van der Waals surface area contributed by atoms with E-state index in [1.165, 1.54) is 11.3 Å². The molecule has 3 nitrogen and oxygen atoms in total. The molecule has 1 fully saturated rings. The van der Waals surface area contributed by atoms with Gasteiger partial charge in [-0.3, -0.25) is 0 Å². The van der Waals surface area contributed by atoms with Crippen LogP contribution >= 0.6 is 0 Å². The second kappa shape index (κ2) is 4.96. The molecule has 0 unspecified atom stereocenters. The lowest BCUT2D eigenvalue weighted by Gasteiger charge is -2.40. The van der Waals surface area contributed by atoms with E-state index in [4.69, 9.17) is 9.47 Å². The van der Waals surface area contributed by atoms with E-state index < -0.39 is 0 Å². The summed E-state index contributed by atoms with van der Waals surface area (Å²) in [5, 5.41) is 3.33. The Morgan fingerprint density at radius 2 is 2.12 bits per heavy atom. The van der Waals surface area contributed by atoms with Crippen molar-refractivity contribution in [2.24, 2.45) is 0 Å². The number of hydrogen-bond acceptors (Lipinski definition) is 3. The second-order valence-corrected chi connectivity index (χ2v) is 4.64. The molecule has 0 aromatic heterocycles. The van der Waals surface area contributed by atoms with Gasteiger partial charge in [0.15, 0.2) is 5.60 Å². The van der Waals surface area contributed by atoms with Crippen molar-refractivity contribution in [3.63, 3.8) is 0 Å². The van der Waals surface area contributed by atoms with Crippen molar-refractivity contribution in [3.05, 3.63) is 23.8 Å². The van der Waals surface area contributed by atoms with E-state index >= 15 is 0 Å². The largest absolute Gasteiger partial charge is 0.482 e. The maximum Gasteiger partial charge on any atom is 0.155 e. The Labute approximate surface area is 103 Å². The lowest BCUT2D eigenvalue weighted by atomic mass is 9.98. The van der Waals surface area contributed by atoms with Crippen LogP contribution in [0, 0.1) is 6.92 Å². The third-order valence-corrected chi connectivity index (χ3v) is 3.27. The van der Waals surface area contributed by atoms with Crippen molar-refractivity contribution in [3.8, 4) is 5.75 Å². The van der Waals surface area contributed by atoms with Crippen molar-refractivity contribution in [2.75, 3.05) is 25.1 Å². The zero-order valence-electron chi connectivity index (χ0n) is 10.9. The topological polar surface area (TPSA) is 30.5 Å². The molecule has 0 amide bonds. The molecule has 0 aliphatic carbocycles. The molecule has 1 aliphatic rings. The predicted octanol–water partition coefficient (Wildman–Crippen LogP) is 2.98. The minimum atomic E-state index is -0.0911. The van der Waals surface area contributed by atoms with Gasteiger partial charge in [-0.2, -0.15) is 0 Å². The summed E-state index contributed by atoms with van der Waals surface area (Å²) >= 11 is 0. The standard InChI is InChI=1S/C14H21NO2/c1-4-14(9-16-10-14)17-12-6-7-13(15-5-2)11(3)8-12/h6-8,15H,4-5,9-10H2,1-3H3. The maximum absolute atomic E-state index is 6.05. The summed E-state index contributed by atoms with van der Waals surface area (Å²) in [4.78, 5) is 0. The Morgan fingerprint density at radius 3 is 2.59 bits per heavy atom. The molecule has 1 N–H and O–H groups in total. The first-order valence-electron chi connectivity index (χ1n) is 6.30. The van der Waals surface area contributed by atoms with Gasteiger partial charge in [0, 0.05) is 12.2 Å². The van der Waals surface area contributed by atoms with E-state index in [1.807, 2.05) is 6.07 Å². The Bertz CT molecular complexity index is 380. The third-order valence-electron chi connectivity index (χ3n) is 3.27. The molecule has 1 aromatic rings. The molecule has 94 valence electrons. The Morgan fingerprint density at radius 1 is 1.35 bits per heavy atom. The Balaban J connectivity index is 2.09. The van der Waals surface area contributed by atoms with Gasteiger partial charge in [-0.15, -0.1) is 0 Å². The highest BCUT2D eigenvalue weighted by molar-refractivity contribution is 5.53. The minimum absolute atomic E-state index is 0.0911. The molecule has 1 aromatic carbocycles. The normalized spacial score (nSPS) is 17.4. The van der Waals surface area contributed by atoms with Crippen LogP contribution in [0.4, 0.5) is 5.69 Å². The van der Waals surface area contributed by atoms with Gasteiger partial charge in [-0.1, -0.05) is 6.92 Å². The van der Waals surface area contributed by atoms with Gasteiger partial charge in [-0.25, -0.2) is 0 Å². The summed E-state index contributed by atoms with van der Waals surface area (Å²) in [6.45, 7) is 8.69. The summed E-state index contributed by atoms with van der Waals surface area (Å²) in [5.41, 5.74) is 2.30. The van der Waals surface area contributed by atoms with E-state index in [0.29, 0.717) is 13.2 Å². The number of anilines is 1. The fourth-order valence-electron chi connectivity index (χ4n) is 2.00. The quantitative estimate of drug-likeness (QED) is 0.851. The summed E-state index contributed by atoms with van der Waals surface area (Å²) < 4.78 is 11.3. The molecule has 3 heteroatoms. The first-order valence-corrected chi connectivity index (χ1v) is 6.30. The molecular weight excluding hydrogens is 214 g/mol. The molecule has 0 saturated carbocycles. The highest BCUT2D eigenvalue weighted by Crippen LogP contribution is 2.30. The third kappa shape index (κ3) is 2.55. The highest BCUT2D eigenvalue weighted by Gasteiger charge is 2.39. The van der Waals surface area contributed by atoms with Gasteiger partial charge in [0.2, 0.25) is 0 Å². The Kier molecular flexibility index (Phi) is 3.57. The lowest BCUT2D eigenvalue weighted by Crippen LogP contribution is -2.53. The first kappa shape index (κ1) is 12.2. The first-order chi connectivity index (χ1) is 8.19. The minimum Gasteiger partial charge on any atom is -0.482 e. The van der Waals surface area contributed by atoms with Crippen molar-refractivity contribution in [2.45, 2.75) is 32.8 Å². The van der Waals surface area contributed by atoms with E-state index in [9.17, 15) is 0 Å². The van der Waals surface area contributed by atoms with Gasteiger partial charge < -0.3 is 14.8 Å². The van der Waals surface area contributed by atoms with Crippen LogP contribution in [-0.4, -0.2) is 25.4 Å². The summed E-state index contributed by atoms with van der Waals surface area (Å²) in [6, 6.07) is 6.20. The molecular formula is C14H21NO2. The van der Waals surface area contributed by atoms with E-state index in [0.717, 1.165) is 18.7 Å². The highest BCUT2D eigenvalue weighted by atomic mass is 16.6. The molecule has 0 bridgehead atoms. The maximum atomic E-state index is 6.05. The zero-order chi connectivity index (χ0) is 12.3. The van der Waals surface area contributed by atoms with Crippen LogP contribution < -0.4 is 10.1 Å². The fraction of sp³-hybridized carbons (Fsp3) is 0.571. The van der Waals surface area contributed by atoms with Crippen LogP contribution in [0.2, 0.25) is 0 Å². The van der Waals surface area contributed by atoms with Crippen LogP contribution in [-0.2, 0) is 4.74 Å². The summed E-state index contributed by atoms with van der Waals surface area (Å²) in [6.07, 6.45) is 0.987. The van der Waals surface area contributed by atoms with Crippen LogP contribution in [0.15, 0.2) is 18.2 Å². The van der Waals surface area contributed by atoms with Gasteiger partial charge >= 0.3 is 0 Å². The molecule has 0 radical (unpaired) electrons. The van der Waals surface area contributed by atoms with Gasteiger partial charge in [0.1, 0.15) is 5.75 Å². The van der Waals surface area contributed by atoms with Crippen molar-refractivity contribution >= 4 is 5.69 Å². The molecule has 1 heterocycles. The van der Waals surface area contributed by atoms with E-state index in [1.54, 1.807) is 0 Å². The second-order valence-electron chi connectivity index (χ2n) is 4.64. The molecule has 1 saturated heterocycles. The van der Waals surface area contributed by atoms with E-state index in [-0.39, 0.29) is 5.60 Å². The zero-order valence-corrected chi connectivity index (χ0v) is 10.9. The van der Waals surface area contributed by atoms with Crippen LogP contribution in [0.5, 0.6) is 5.75 Å². The summed E-state index contributed by atoms with van der Waals surface area (Å²) in [7, 11) is 0. The molecule has 2 rings (SSSR count). The number of rotatable bonds is 5. The average molecular weight is 235 g/mol. The number of benzene rings is 1. The van der Waals surface area contributed by atoms with Gasteiger partial charge in [0.25, 0.3) is 0 Å². The SMILES string of the molecule is CCNc1ccc(OC2(CC)COC2)cc1C. The van der Waals surface area contributed by atoms with E-state index in [2.05, 4.69) is 38.2 Å². The average Bonchev–Trinajstić information content (AvgIpc) is 2.27. The number of ether oxygens (including phenoxy) is 2. The van der Waals surface area contributed by atoms with Crippen molar-refractivity contribution < 1.29 is 9.47 Å². The molecule has 1 aliphatic heterocycles. The lowest BCUT2D eigenvalue weighted by molar-refractivity contribution is -0.162.